The monoisotopic (exact) mass is 279 g/mol. The number of aromatic nitrogens is 2. The van der Waals surface area contributed by atoms with E-state index in [0.717, 1.165) is 49.0 Å². The van der Waals surface area contributed by atoms with Gasteiger partial charge in [-0.15, -0.1) is 0 Å². The van der Waals surface area contributed by atoms with Crippen molar-refractivity contribution >= 4 is 11.5 Å². The summed E-state index contributed by atoms with van der Waals surface area (Å²) in [6.45, 7) is 3.31. The molecule has 4 rings (SSSR count). The van der Waals surface area contributed by atoms with E-state index in [1.165, 1.54) is 0 Å². The standard InChI is InChI=1S/C17H17N3O/c1-2-6-14(7-3-1)16-15-8-4-5-9-20(15)17(18-16)19-10-12-21-13-11-19/h1-9H,10-13H2. The number of imidazole rings is 1. The molecule has 0 amide bonds. The second-order valence-corrected chi connectivity index (χ2v) is 5.18. The van der Waals surface area contributed by atoms with Crippen LogP contribution in [0, 0.1) is 0 Å². The van der Waals surface area contributed by atoms with Gasteiger partial charge in [-0.1, -0.05) is 36.4 Å². The van der Waals surface area contributed by atoms with Crippen LogP contribution in [0.15, 0.2) is 54.7 Å². The van der Waals surface area contributed by atoms with Gasteiger partial charge in [-0.2, -0.15) is 0 Å². The molecular weight excluding hydrogens is 262 g/mol. The molecule has 2 aromatic heterocycles. The number of morpholine rings is 1. The third kappa shape index (κ3) is 2.17. The van der Waals surface area contributed by atoms with E-state index in [9.17, 15) is 0 Å². The highest BCUT2D eigenvalue weighted by Crippen LogP contribution is 2.28. The molecule has 1 fully saturated rings. The summed E-state index contributed by atoms with van der Waals surface area (Å²) < 4.78 is 7.62. The van der Waals surface area contributed by atoms with E-state index in [1.807, 2.05) is 12.1 Å². The van der Waals surface area contributed by atoms with Crippen LogP contribution in [0.5, 0.6) is 0 Å². The van der Waals surface area contributed by atoms with Crippen LogP contribution in [0.2, 0.25) is 0 Å². The van der Waals surface area contributed by atoms with Crippen molar-refractivity contribution < 1.29 is 4.74 Å². The molecule has 0 aliphatic carbocycles. The van der Waals surface area contributed by atoms with Crippen molar-refractivity contribution in [3.63, 3.8) is 0 Å². The first-order valence-electron chi connectivity index (χ1n) is 7.29. The smallest absolute Gasteiger partial charge is 0.210 e. The molecule has 4 nitrogen and oxygen atoms in total. The third-order valence-corrected chi connectivity index (χ3v) is 3.87. The fourth-order valence-corrected chi connectivity index (χ4v) is 2.82. The van der Waals surface area contributed by atoms with Crippen LogP contribution in [0.25, 0.3) is 16.8 Å². The number of anilines is 1. The Kier molecular flexibility index (Phi) is 3.09. The predicted octanol–water partition coefficient (Wildman–Crippen LogP) is 2.84. The molecule has 0 bridgehead atoms. The van der Waals surface area contributed by atoms with E-state index in [1.54, 1.807) is 0 Å². The molecule has 3 aromatic rings. The highest BCUT2D eigenvalue weighted by Gasteiger charge is 2.19. The second kappa shape index (κ2) is 5.22. The molecule has 4 heteroatoms. The van der Waals surface area contributed by atoms with Gasteiger partial charge in [-0.3, -0.25) is 4.40 Å². The minimum Gasteiger partial charge on any atom is -0.378 e. The van der Waals surface area contributed by atoms with E-state index in [0.29, 0.717) is 0 Å². The van der Waals surface area contributed by atoms with Gasteiger partial charge < -0.3 is 9.64 Å². The maximum Gasteiger partial charge on any atom is 0.210 e. The van der Waals surface area contributed by atoms with E-state index >= 15 is 0 Å². The summed E-state index contributed by atoms with van der Waals surface area (Å²) >= 11 is 0. The number of nitrogens with zero attached hydrogens (tertiary/aromatic N) is 3. The highest BCUT2D eigenvalue weighted by molar-refractivity contribution is 5.79. The molecule has 0 atom stereocenters. The van der Waals surface area contributed by atoms with Gasteiger partial charge in [0.25, 0.3) is 0 Å². The van der Waals surface area contributed by atoms with Crippen molar-refractivity contribution in [2.45, 2.75) is 0 Å². The fraction of sp³-hybridized carbons (Fsp3) is 0.235. The van der Waals surface area contributed by atoms with Crippen LogP contribution in [0.3, 0.4) is 0 Å². The molecule has 1 saturated heterocycles. The average Bonchev–Trinajstić information content (AvgIpc) is 2.96. The first-order chi connectivity index (χ1) is 10.4. The summed E-state index contributed by atoms with van der Waals surface area (Å²) in [5.41, 5.74) is 3.34. The Hall–Kier alpha value is -2.33. The van der Waals surface area contributed by atoms with E-state index < -0.39 is 0 Å². The molecule has 0 radical (unpaired) electrons. The SMILES string of the molecule is c1ccc(-c2nc(N3CCOCC3)n3ccccc23)cc1. The summed E-state index contributed by atoms with van der Waals surface area (Å²) in [6, 6.07) is 16.6. The zero-order chi connectivity index (χ0) is 14.1. The summed E-state index contributed by atoms with van der Waals surface area (Å²) in [4.78, 5) is 7.21. The number of benzene rings is 1. The lowest BCUT2D eigenvalue weighted by atomic mass is 10.1. The van der Waals surface area contributed by atoms with Crippen molar-refractivity contribution in [1.29, 1.82) is 0 Å². The Labute approximate surface area is 123 Å². The Bertz CT molecular complexity index is 745. The normalized spacial score (nSPS) is 15.5. The lowest BCUT2D eigenvalue weighted by molar-refractivity contribution is 0.122. The van der Waals surface area contributed by atoms with Gasteiger partial charge in [-0.25, -0.2) is 4.98 Å². The minimum absolute atomic E-state index is 0.766. The number of fused-ring (bicyclic) bond motifs is 1. The fourth-order valence-electron chi connectivity index (χ4n) is 2.82. The Morgan fingerprint density at radius 3 is 2.48 bits per heavy atom. The van der Waals surface area contributed by atoms with Gasteiger partial charge in [0.1, 0.15) is 0 Å². The lowest BCUT2D eigenvalue weighted by Crippen LogP contribution is -2.37. The van der Waals surface area contributed by atoms with E-state index in [-0.39, 0.29) is 0 Å². The highest BCUT2D eigenvalue weighted by atomic mass is 16.5. The predicted molar refractivity (Wildman–Crippen MR) is 83.7 cm³/mol. The number of hydrogen-bond donors (Lipinski definition) is 0. The number of rotatable bonds is 2. The maximum absolute atomic E-state index is 5.45. The van der Waals surface area contributed by atoms with Crippen molar-refractivity contribution in [1.82, 2.24) is 9.38 Å². The molecule has 1 aromatic carbocycles. The van der Waals surface area contributed by atoms with Crippen LogP contribution in [-0.2, 0) is 4.74 Å². The third-order valence-electron chi connectivity index (χ3n) is 3.87. The van der Waals surface area contributed by atoms with E-state index in [2.05, 4.69) is 51.9 Å². The molecule has 0 N–H and O–H groups in total. The number of ether oxygens (including phenoxy) is 1. The molecule has 106 valence electrons. The summed E-state index contributed by atoms with van der Waals surface area (Å²) in [7, 11) is 0. The van der Waals surface area contributed by atoms with Crippen molar-refractivity contribution in [2.24, 2.45) is 0 Å². The molecule has 21 heavy (non-hydrogen) atoms. The number of hydrogen-bond acceptors (Lipinski definition) is 3. The Morgan fingerprint density at radius 1 is 0.905 bits per heavy atom. The second-order valence-electron chi connectivity index (χ2n) is 5.18. The van der Waals surface area contributed by atoms with Crippen LogP contribution in [-0.4, -0.2) is 35.7 Å². The topological polar surface area (TPSA) is 29.8 Å². The van der Waals surface area contributed by atoms with Gasteiger partial charge in [0, 0.05) is 24.8 Å². The molecule has 0 saturated carbocycles. The summed E-state index contributed by atoms with van der Waals surface area (Å²) in [5, 5.41) is 0. The Balaban J connectivity index is 1.88. The average molecular weight is 279 g/mol. The zero-order valence-corrected chi connectivity index (χ0v) is 11.8. The quantitative estimate of drug-likeness (QED) is 0.722. The van der Waals surface area contributed by atoms with Crippen molar-refractivity contribution in [2.75, 3.05) is 31.2 Å². The summed E-state index contributed by atoms with van der Waals surface area (Å²) in [6.07, 6.45) is 2.08. The summed E-state index contributed by atoms with van der Waals surface area (Å²) in [5.74, 6) is 1.01. The molecule has 0 unspecified atom stereocenters. The maximum atomic E-state index is 5.45. The van der Waals surface area contributed by atoms with Gasteiger partial charge >= 0.3 is 0 Å². The van der Waals surface area contributed by atoms with Crippen molar-refractivity contribution in [3.05, 3.63) is 54.7 Å². The minimum atomic E-state index is 0.766. The van der Waals surface area contributed by atoms with Crippen LogP contribution < -0.4 is 4.90 Å². The molecule has 0 spiro atoms. The van der Waals surface area contributed by atoms with Crippen LogP contribution in [0.1, 0.15) is 0 Å². The molecule has 3 heterocycles. The van der Waals surface area contributed by atoms with E-state index in [4.69, 9.17) is 9.72 Å². The van der Waals surface area contributed by atoms with Crippen LogP contribution >= 0.6 is 0 Å². The lowest BCUT2D eigenvalue weighted by Gasteiger charge is -2.27. The van der Waals surface area contributed by atoms with Gasteiger partial charge in [0.15, 0.2) is 0 Å². The van der Waals surface area contributed by atoms with Gasteiger partial charge in [-0.05, 0) is 12.1 Å². The number of pyridine rings is 1. The van der Waals surface area contributed by atoms with Crippen LogP contribution in [0.4, 0.5) is 5.95 Å². The molecule has 1 aliphatic rings. The van der Waals surface area contributed by atoms with Crippen molar-refractivity contribution in [3.8, 4) is 11.3 Å². The van der Waals surface area contributed by atoms with Gasteiger partial charge in [0.2, 0.25) is 5.95 Å². The Morgan fingerprint density at radius 2 is 1.67 bits per heavy atom. The molecular formula is C17H17N3O. The van der Waals surface area contributed by atoms with Gasteiger partial charge in [0.05, 0.1) is 24.4 Å². The first kappa shape index (κ1) is 12.4. The largest absolute Gasteiger partial charge is 0.378 e. The first-order valence-corrected chi connectivity index (χ1v) is 7.29. The zero-order valence-electron chi connectivity index (χ0n) is 11.8. The molecule has 1 aliphatic heterocycles.